The van der Waals surface area contributed by atoms with Gasteiger partial charge in [0.15, 0.2) is 5.82 Å². The summed E-state index contributed by atoms with van der Waals surface area (Å²) in [5, 5.41) is 19.4. The van der Waals surface area contributed by atoms with Crippen molar-refractivity contribution in [3.05, 3.63) is 24.4 Å². The lowest BCUT2D eigenvalue weighted by atomic mass is 10.1. The van der Waals surface area contributed by atoms with E-state index in [0.29, 0.717) is 12.4 Å². The van der Waals surface area contributed by atoms with E-state index in [1.165, 1.54) is 0 Å². The van der Waals surface area contributed by atoms with E-state index in [4.69, 9.17) is 0 Å². The lowest BCUT2D eigenvalue weighted by molar-refractivity contribution is -0.116. The van der Waals surface area contributed by atoms with Crippen LogP contribution in [0.4, 0.5) is 5.82 Å². The molecule has 0 saturated carbocycles. The fraction of sp³-hybridized carbons (Fsp3) is 0.412. The Morgan fingerprint density at radius 3 is 2.77 bits per heavy atom. The summed E-state index contributed by atoms with van der Waals surface area (Å²) in [6.07, 6.45) is 2.91. The zero-order valence-electron chi connectivity index (χ0n) is 15.9. The number of H-pyrrole nitrogens is 1. The smallest absolute Gasteiger partial charge is 0.239 e. The molecular weight excluding hydrogens is 346 g/mol. The summed E-state index contributed by atoms with van der Waals surface area (Å²) in [4.78, 5) is 13.8. The number of hydrogen-bond donors (Lipinski definition) is 2. The van der Waals surface area contributed by atoms with Crippen molar-refractivity contribution < 1.29 is 4.79 Å². The first kappa shape index (κ1) is 18.3. The highest BCUT2D eigenvalue weighted by Crippen LogP contribution is 2.26. The van der Waals surface area contributed by atoms with E-state index in [0.717, 1.165) is 28.3 Å². The second-order valence-electron chi connectivity index (χ2n) is 7.98. The lowest BCUT2D eigenvalue weighted by Crippen LogP contribution is -2.28. The summed E-state index contributed by atoms with van der Waals surface area (Å²) in [5.41, 5.74) is 2.63. The lowest BCUT2D eigenvalue weighted by Gasteiger charge is -2.14. The predicted octanol–water partition coefficient (Wildman–Crippen LogP) is 2.20. The maximum Gasteiger partial charge on any atom is 0.239 e. The SMILES string of the molecule is CN(C)CC(=O)Nc1n[nH]c2ccc(-c3cn(C[Si](C)(C)C)nn3)cc12. The molecule has 26 heavy (non-hydrogen) atoms. The predicted molar refractivity (Wildman–Crippen MR) is 106 cm³/mol. The minimum atomic E-state index is -1.27. The van der Waals surface area contributed by atoms with Crippen molar-refractivity contribution in [2.75, 3.05) is 26.0 Å². The number of aromatic nitrogens is 5. The molecule has 0 fully saturated rings. The molecule has 1 aromatic carbocycles. The normalized spacial score (nSPS) is 12.1. The fourth-order valence-corrected chi connectivity index (χ4v) is 3.85. The Labute approximate surface area is 153 Å². The van der Waals surface area contributed by atoms with Gasteiger partial charge in [-0.2, -0.15) is 5.10 Å². The molecule has 0 unspecified atom stereocenters. The Morgan fingerprint density at radius 2 is 2.08 bits per heavy atom. The number of fused-ring (bicyclic) bond motifs is 1. The molecule has 1 amide bonds. The number of amides is 1. The van der Waals surface area contributed by atoms with Gasteiger partial charge in [-0.05, 0) is 26.2 Å². The number of benzene rings is 1. The molecule has 0 spiro atoms. The Balaban J connectivity index is 1.87. The number of aromatic amines is 1. The number of carbonyl (C=O) groups excluding carboxylic acids is 1. The standard InChI is InChI=1S/C17H25N7OSi/c1-23(2)10-16(25)18-17-13-8-12(6-7-14(13)19-21-17)15-9-24(22-20-15)11-26(3,4)5/h6-9H,10-11H2,1-5H3,(H2,18,19,21,25). The average molecular weight is 372 g/mol. The summed E-state index contributed by atoms with van der Waals surface area (Å²) in [5.74, 6) is 0.429. The molecule has 8 nitrogen and oxygen atoms in total. The van der Waals surface area contributed by atoms with Gasteiger partial charge in [-0.15, -0.1) is 5.10 Å². The first-order valence-corrected chi connectivity index (χ1v) is 12.3. The summed E-state index contributed by atoms with van der Waals surface area (Å²) in [6, 6.07) is 5.90. The molecule has 0 aliphatic rings. The largest absolute Gasteiger partial charge is 0.308 e. The van der Waals surface area contributed by atoms with Gasteiger partial charge in [0.05, 0.1) is 26.3 Å². The molecule has 138 valence electrons. The molecule has 0 aliphatic heterocycles. The highest BCUT2D eigenvalue weighted by atomic mass is 28.3. The Bertz CT molecular complexity index is 923. The van der Waals surface area contributed by atoms with Crippen LogP contribution in [0.3, 0.4) is 0 Å². The molecule has 3 aromatic rings. The summed E-state index contributed by atoms with van der Waals surface area (Å²) in [7, 11) is 2.44. The third-order valence-corrected chi connectivity index (χ3v) is 5.02. The third kappa shape index (κ3) is 4.35. The van der Waals surface area contributed by atoms with E-state index >= 15 is 0 Å². The quantitative estimate of drug-likeness (QED) is 0.648. The zero-order valence-corrected chi connectivity index (χ0v) is 16.9. The van der Waals surface area contributed by atoms with Crippen molar-refractivity contribution in [2.45, 2.75) is 25.8 Å². The van der Waals surface area contributed by atoms with Crippen LogP contribution in [0.5, 0.6) is 0 Å². The average Bonchev–Trinajstić information content (AvgIpc) is 3.12. The van der Waals surface area contributed by atoms with Crippen molar-refractivity contribution in [3.63, 3.8) is 0 Å². The van der Waals surface area contributed by atoms with E-state index in [9.17, 15) is 4.79 Å². The maximum absolute atomic E-state index is 12.0. The van der Waals surface area contributed by atoms with Gasteiger partial charge in [-0.1, -0.05) is 30.9 Å². The highest BCUT2D eigenvalue weighted by molar-refractivity contribution is 6.74. The van der Waals surface area contributed by atoms with Gasteiger partial charge in [0, 0.05) is 17.1 Å². The Morgan fingerprint density at radius 1 is 1.31 bits per heavy atom. The molecule has 9 heteroatoms. The van der Waals surface area contributed by atoms with Crippen LogP contribution in [0, 0.1) is 0 Å². The zero-order chi connectivity index (χ0) is 18.9. The first-order valence-electron chi connectivity index (χ1n) is 8.54. The molecule has 0 atom stereocenters. The molecule has 0 saturated heterocycles. The molecular formula is C17H25N7OSi. The molecule has 3 rings (SSSR count). The van der Waals surface area contributed by atoms with Crippen LogP contribution in [0.2, 0.25) is 19.6 Å². The number of anilines is 1. The van der Waals surface area contributed by atoms with Crippen LogP contribution in [-0.2, 0) is 11.0 Å². The van der Waals surface area contributed by atoms with E-state index in [1.54, 1.807) is 0 Å². The van der Waals surface area contributed by atoms with Crippen LogP contribution in [0.15, 0.2) is 24.4 Å². The number of nitrogens with zero attached hydrogens (tertiary/aromatic N) is 5. The Hall–Kier alpha value is -2.52. The van der Waals surface area contributed by atoms with Gasteiger partial charge in [0.2, 0.25) is 5.91 Å². The van der Waals surface area contributed by atoms with Crippen LogP contribution >= 0.6 is 0 Å². The van der Waals surface area contributed by atoms with Crippen LogP contribution in [0.25, 0.3) is 22.2 Å². The number of nitrogens with one attached hydrogen (secondary N) is 2. The summed E-state index contributed by atoms with van der Waals surface area (Å²) >= 11 is 0. The molecule has 0 bridgehead atoms. The van der Waals surface area contributed by atoms with Gasteiger partial charge < -0.3 is 10.2 Å². The number of carbonyl (C=O) groups is 1. The molecule has 0 aliphatic carbocycles. The number of hydrogen-bond acceptors (Lipinski definition) is 5. The van der Waals surface area contributed by atoms with Crippen LogP contribution < -0.4 is 5.32 Å². The van der Waals surface area contributed by atoms with Crippen molar-refractivity contribution >= 4 is 30.7 Å². The number of likely N-dealkylation sites (N-methyl/N-ethyl adjacent to an activating group) is 1. The molecule has 2 aromatic heterocycles. The highest BCUT2D eigenvalue weighted by Gasteiger charge is 2.16. The molecule has 2 N–H and O–H groups in total. The van der Waals surface area contributed by atoms with Gasteiger partial charge in [0.25, 0.3) is 0 Å². The molecule has 0 radical (unpaired) electrons. The van der Waals surface area contributed by atoms with Gasteiger partial charge >= 0.3 is 0 Å². The summed E-state index contributed by atoms with van der Waals surface area (Å²) < 4.78 is 1.92. The topological polar surface area (TPSA) is 91.7 Å². The van der Waals surface area contributed by atoms with Gasteiger partial charge in [0.1, 0.15) is 5.69 Å². The monoisotopic (exact) mass is 371 g/mol. The van der Waals surface area contributed by atoms with Gasteiger partial charge in [-0.25, -0.2) is 0 Å². The van der Waals surface area contributed by atoms with E-state index in [-0.39, 0.29) is 5.91 Å². The first-order chi connectivity index (χ1) is 12.2. The third-order valence-electron chi connectivity index (χ3n) is 3.75. The van der Waals surface area contributed by atoms with Gasteiger partial charge in [-0.3, -0.25) is 14.6 Å². The molecule has 2 heterocycles. The van der Waals surface area contributed by atoms with E-state index in [2.05, 4.69) is 45.5 Å². The van der Waals surface area contributed by atoms with Crippen LogP contribution in [0.1, 0.15) is 0 Å². The fourth-order valence-electron chi connectivity index (χ4n) is 2.72. The second-order valence-corrected chi connectivity index (χ2v) is 13.4. The van der Waals surface area contributed by atoms with Crippen LogP contribution in [-0.4, -0.2) is 64.7 Å². The van der Waals surface area contributed by atoms with Crippen molar-refractivity contribution in [1.82, 2.24) is 30.1 Å². The maximum atomic E-state index is 12.0. The van der Waals surface area contributed by atoms with Crippen molar-refractivity contribution in [2.24, 2.45) is 0 Å². The second kappa shape index (κ2) is 7.00. The van der Waals surface area contributed by atoms with Crippen molar-refractivity contribution in [3.8, 4) is 11.3 Å². The Kier molecular flexibility index (Phi) is 4.92. The van der Waals surface area contributed by atoms with Crippen molar-refractivity contribution in [1.29, 1.82) is 0 Å². The summed E-state index contributed by atoms with van der Waals surface area (Å²) in [6.45, 7) is 7.21. The minimum Gasteiger partial charge on any atom is -0.308 e. The van der Waals surface area contributed by atoms with E-state index in [1.807, 2.05) is 48.1 Å². The number of rotatable bonds is 6. The van der Waals surface area contributed by atoms with E-state index < -0.39 is 8.07 Å². The minimum absolute atomic E-state index is 0.102.